The van der Waals surface area contributed by atoms with Gasteiger partial charge in [-0.3, -0.25) is 4.68 Å². The van der Waals surface area contributed by atoms with Crippen LogP contribution in [0.5, 0.6) is 0 Å². The van der Waals surface area contributed by atoms with E-state index < -0.39 is 0 Å². The second-order valence-electron chi connectivity index (χ2n) is 2.03. The second-order valence-corrected chi connectivity index (χ2v) is 2.03. The fraction of sp³-hybridized carbons (Fsp3) is 0.286. The summed E-state index contributed by atoms with van der Waals surface area (Å²) in [5.74, 6) is 0. The number of hydrogen-bond donors (Lipinski definition) is 1. The first kappa shape index (κ1) is 7.02. The summed E-state index contributed by atoms with van der Waals surface area (Å²) >= 11 is 0. The fourth-order valence-electron chi connectivity index (χ4n) is 0.715. The van der Waals surface area contributed by atoms with Gasteiger partial charge in [-0.2, -0.15) is 5.10 Å². The van der Waals surface area contributed by atoms with Crippen molar-refractivity contribution < 1.29 is 5.11 Å². The van der Waals surface area contributed by atoms with Crippen LogP contribution in [0.15, 0.2) is 18.5 Å². The number of hydrogen-bond acceptors (Lipinski definition) is 2. The highest BCUT2D eigenvalue weighted by atomic mass is 16.2. The zero-order valence-corrected chi connectivity index (χ0v) is 5.86. The highest BCUT2D eigenvalue weighted by Crippen LogP contribution is 1.97. The van der Waals surface area contributed by atoms with Crippen LogP contribution in [0, 0.1) is 0 Å². The Hall–Kier alpha value is -1.09. The van der Waals surface area contributed by atoms with E-state index in [9.17, 15) is 0 Å². The molecule has 0 fully saturated rings. The maximum absolute atomic E-state index is 8.42. The number of rotatable bonds is 2. The molecule has 1 heterocycles. The van der Waals surface area contributed by atoms with Crippen LogP contribution in [0.4, 0.5) is 0 Å². The van der Waals surface area contributed by atoms with Crippen LogP contribution in [-0.2, 0) is 7.05 Å². The number of aromatic nitrogens is 2. The van der Waals surface area contributed by atoms with Gasteiger partial charge in [-0.25, -0.2) is 0 Å². The van der Waals surface area contributed by atoms with Crippen molar-refractivity contribution in [3.63, 3.8) is 0 Å². The molecule has 0 unspecified atom stereocenters. The van der Waals surface area contributed by atoms with Crippen LogP contribution in [0.2, 0.25) is 0 Å². The minimum atomic E-state index is 0.0783. The van der Waals surface area contributed by atoms with Gasteiger partial charge in [0.15, 0.2) is 0 Å². The summed E-state index contributed by atoms with van der Waals surface area (Å²) in [7, 11) is 1.86. The van der Waals surface area contributed by atoms with Gasteiger partial charge in [0, 0.05) is 18.8 Å². The summed E-state index contributed by atoms with van der Waals surface area (Å²) < 4.78 is 1.72. The molecular weight excluding hydrogens is 128 g/mol. The quantitative estimate of drug-likeness (QED) is 0.643. The van der Waals surface area contributed by atoms with Crippen molar-refractivity contribution in [1.82, 2.24) is 9.78 Å². The zero-order chi connectivity index (χ0) is 7.40. The van der Waals surface area contributed by atoms with Crippen molar-refractivity contribution in [3.05, 3.63) is 24.0 Å². The summed E-state index contributed by atoms with van der Waals surface area (Å²) in [6, 6.07) is 0. The van der Waals surface area contributed by atoms with Gasteiger partial charge < -0.3 is 5.11 Å². The van der Waals surface area contributed by atoms with Gasteiger partial charge in [-0.15, -0.1) is 0 Å². The lowest BCUT2D eigenvalue weighted by Crippen LogP contribution is -1.83. The third kappa shape index (κ3) is 1.70. The van der Waals surface area contributed by atoms with Gasteiger partial charge >= 0.3 is 0 Å². The summed E-state index contributed by atoms with van der Waals surface area (Å²) in [6.07, 6.45) is 7.13. The molecule has 54 valence electrons. The lowest BCUT2D eigenvalue weighted by atomic mass is 10.3. The predicted molar refractivity (Wildman–Crippen MR) is 39.3 cm³/mol. The normalized spacial score (nSPS) is 11.0. The molecule has 0 saturated heterocycles. The predicted octanol–water partition coefficient (Wildman–Crippen LogP) is 0.426. The molecule has 0 aliphatic carbocycles. The Morgan fingerprint density at radius 1 is 1.80 bits per heavy atom. The summed E-state index contributed by atoms with van der Waals surface area (Å²) in [6.45, 7) is 0.0783. The van der Waals surface area contributed by atoms with E-state index in [1.54, 1.807) is 17.0 Å². The first-order valence-corrected chi connectivity index (χ1v) is 3.09. The van der Waals surface area contributed by atoms with Crippen molar-refractivity contribution in [2.45, 2.75) is 0 Å². The molecule has 3 nitrogen and oxygen atoms in total. The van der Waals surface area contributed by atoms with E-state index in [4.69, 9.17) is 5.11 Å². The minimum Gasteiger partial charge on any atom is -0.392 e. The minimum absolute atomic E-state index is 0.0783. The Morgan fingerprint density at radius 2 is 2.60 bits per heavy atom. The highest BCUT2D eigenvalue weighted by molar-refractivity contribution is 5.46. The molecule has 1 aromatic heterocycles. The van der Waals surface area contributed by atoms with Gasteiger partial charge in [0.2, 0.25) is 0 Å². The number of aliphatic hydroxyl groups excluding tert-OH is 1. The molecule has 0 aliphatic heterocycles. The van der Waals surface area contributed by atoms with Crippen LogP contribution in [0.1, 0.15) is 5.56 Å². The molecule has 0 radical (unpaired) electrons. The topological polar surface area (TPSA) is 38.0 Å². The van der Waals surface area contributed by atoms with Crippen molar-refractivity contribution in [3.8, 4) is 0 Å². The van der Waals surface area contributed by atoms with E-state index in [1.807, 2.05) is 19.3 Å². The molecule has 0 saturated carbocycles. The molecule has 0 spiro atoms. The molecule has 1 aromatic rings. The van der Waals surface area contributed by atoms with Crippen LogP contribution in [0.25, 0.3) is 6.08 Å². The first-order chi connectivity index (χ1) is 4.83. The Balaban J connectivity index is 2.67. The maximum atomic E-state index is 8.42. The Kier molecular flexibility index (Phi) is 2.23. The molecule has 0 bridgehead atoms. The molecule has 0 atom stereocenters. The monoisotopic (exact) mass is 138 g/mol. The van der Waals surface area contributed by atoms with E-state index >= 15 is 0 Å². The smallest absolute Gasteiger partial charge is 0.0615 e. The van der Waals surface area contributed by atoms with E-state index in [-0.39, 0.29) is 6.61 Å². The molecular formula is C7H10N2O. The maximum Gasteiger partial charge on any atom is 0.0615 e. The summed E-state index contributed by atoms with van der Waals surface area (Å²) in [4.78, 5) is 0. The highest BCUT2D eigenvalue weighted by Gasteiger charge is 1.87. The molecule has 10 heavy (non-hydrogen) atoms. The zero-order valence-electron chi connectivity index (χ0n) is 5.86. The van der Waals surface area contributed by atoms with Crippen LogP contribution in [0.3, 0.4) is 0 Å². The molecule has 3 heteroatoms. The average molecular weight is 138 g/mol. The summed E-state index contributed by atoms with van der Waals surface area (Å²) in [5, 5.41) is 12.4. The standard InChI is InChI=1S/C7H10N2O/c1-9-6-7(5-8-9)3-2-4-10/h2-3,5-6,10H,4H2,1H3. The SMILES string of the molecule is Cn1cc(C=CCO)cn1. The van der Waals surface area contributed by atoms with Gasteiger partial charge in [-0.1, -0.05) is 12.2 Å². The Morgan fingerprint density at radius 3 is 3.10 bits per heavy atom. The summed E-state index contributed by atoms with van der Waals surface area (Å²) in [5.41, 5.74) is 1.01. The molecule has 0 aromatic carbocycles. The third-order valence-electron chi connectivity index (χ3n) is 1.14. The van der Waals surface area contributed by atoms with E-state index in [2.05, 4.69) is 5.10 Å². The van der Waals surface area contributed by atoms with E-state index in [0.29, 0.717) is 0 Å². The van der Waals surface area contributed by atoms with Gasteiger partial charge in [-0.05, 0) is 0 Å². The average Bonchev–Trinajstić information content (AvgIpc) is 2.31. The first-order valence-electron chi connectivity index (χ1n) is 3.09. The van der Waals surface area contributed by atoms with Gasteiger partial charge in [0.25, 0.3) is 0 Å². The van der Waals surface area contributed by atoms with E-state index in [0.717, 1.165) is 5.56 Å². The number of aryl methyl sites for hydroxylation is 1. The lowest BCUT2D eigenvalue weighted by molar-refractivity contribution is 0.343. The van der Waals surface area contributed by atoms with Crippen LogP contribution in [-0.4, -0.2) is 21.5 Å². The Labute approximate surface area is 59.6 Å². The van der Waals surface area contributed by atoms with Gasteiger partial charge in [0.1, 0.15) is 0 Å². The van der Waals surface area contributed by atoms with Crippen LogP contribution >= 0.6 is 0 Å². The fourth-order valence-corrected chi connectivity index (χ4v) is 0.715. The lowest BCUT2D eigenvalue weighted by Gasteiger charge is -1.81. The van der Waals surface area contributed by atoms with Crippen molar-refractivity contribution in [1.29, 1.82) is 0 Å². The molecule has 1 N–H and O–H groups in total. The Bertz CT molecular complexity index is 227. The van der Waals surface area contributed by atoms with Crippen LogP contribution < -0.4 is 0 Å². The third-order valence-corrected chi connectivity index (χ3v) is 1.14. The van der Waals surface area contributed by atoms with Gasteiger partial charge in [0.05, 0.1) is 12.8 Å². The molecule has 1 rings (SSSR count). The number of aliphatic hydroxyl groups is 1. The van der Waals surface area contributed by atoms with Crippen molar-refractivity contribution in [2.24, 2.45) is 7.05 Å². The van der Waals surface area contributed by atoms with Crippen molar-refractivity contribution >= 4 is 6.08 Å². The second kappa shape index (κ2) is 3.17. The van der Waals surface area contributed by atoms with E-state index in [1.165, 1.54) is 0 Å². The van der Waals surface area contributed by atoms with Crippen molar-refractivity contribution in [2.75, 3.05) is 6.61 Å². The molecule has 0 aliphatic rings. The number of nitrogens with zero attached hydrogens (tertiary/aromatic N) is 2. The molecule has 0 amide bonds. The largest absolute Gasteiger partial charge is 0.392 e.